The van der Waals surface area contributed by atoms with Gasteiger partial charge in [-0.05, 0) is 0 Å². The van der Waals surface area contributed by atoms with E-state index in [1.807, 2.05) is 24.3 Å². The lowest BCUT2D eigenvalue weighted by atomic mass is 10.1. The predicted octanol–water partition coefficient (Wildman–Crippen LogP) is 1.68. The van der Waals surface area contributed by atoms with Crippen LogP contribution in [0.1, 0.15) is 24.4 Å². The van der Waals surface area contributed by atoms with E-state index in [4.69, 9.17) is 0 Å². The standard InChI is InChI=1S/C10H14N2OS/c1-7(2)10(13)12-4-3-9-8(5-12)11-6-14-9/h6-7H,3-5H2,1-2H3. The van der Waals surface area contributed by atoms with Crippen LogP contribution in [-0.4, -0.2) is 22.3 Å². The van der Waals surface area contributed by atoms with Crippen molar-refractivity contribution in [1.29, 1.82) is 0 Å². The van der Waals surface area contributed by atoms with E-state index in [1.165, 1.54) is 4.88 Å². The van der Waals surface area contributed by atoms with Crippen LogP contribution in [0, 0.1) is 5.92 Å². The first-order valence-corrected chi connectivity index (χ1v) is 5.76. The molecule has 0 fully saturated rings. The van der Waals surface area contributed by atoms with Crippen molar-refractivity contribution in [2.24, 2.45) is 5.92 Å². The summed E-state index contributed by atoms with van der Waals surface area (Å²) in [5.74, 6) is 0.332. The van der Waals surface area contributed by atoms with Crippen LogP contribution in [0.2, 0.25) is 0 Å². The quantitative estimate of drug-likeness (QED) is 0.706. The van der Waals surface area contributed by atoms with Gasteiger partial charge in [-0.3, -0.25) is 4.79 Å². The molecule has 0 spiro atoms. The van der Waals surface area contributed by atoms with Gasteiger partial charge in [0.25, 0.3) is 0 Å². The number of carbonyl (C=O) groups excluding carboxylic acids is 1. The van der Waals surface area contributed by atoms with Crippen LogP contribution < -0.4 is 0 Å². The molecule has 0 unspecified atom stereocenters. The van der Waals surface area contributed by atoms with Crippen molar-refractivity contribution in [1.82, 2.24) is 9.88 Å². The summed E-state index contributed by atoms with van der Waals surface area (Å²) < 4.78 is 0. The lowest BCUT2D eigenvalue weighted by Crippen LogP contribution is -2.38. The SMILES string of the molecule is CC(C)C(=O)N1CCc2scnc2C1. The largest absolute Gasteiger partial charge is 0.336 e. The van der Waals surface area contributed by atoms with Crippen LogP contribution >= 0.6 is 11.3 Å². The van der Waals surface area contributed by atoms with Crippen molar-refractivity contribution in [3.63, 3.8) is 0 Å². The minimum Gasteiger partial charge on any atom is -0.336 e. The fraction of sp³-hybridized carbons (Fsp3) is 0.600. The topological polar surface area (TPSA) is 33.2 Å². The van der Waals surface area contributed by atoms with Crippen molar-refractivity contribution in [2.75, 3.05) is 6.54 Å². The van der Waals surface area contributed by atoms with E-state index in [-0.39, 0.29) is 11.8 Å². The van der Waals surface area contributed by atoms with Crippen molar-refractivity contribution in [3.05, 3.63) is 16.1 Å². The highest BCUT2D eigenvalue weighted by molar-refractivity contribution is 7.09. The van der Waals surface area contributed by atoms with Crippen LogP contribution in [0.5, 0.6) is 0 Å². The number of rotatable bonds is 1. The highest BCUT2D eigenvalue weighted by atomic mass is 32.1. The molecule has 0 bridgehead atoms. The molecule has 0 radical (unpaired) electrons. The number of hydrogen-bond donors (Lipinski definition) is 0. The number of aromatic nitrogens is 1. The Hall–Kier alpha value is -0.900. The molecule has 0 aliphatic carbocycles. The van der Waals surface area contributed by atoms with Gasteiger partial charge >= 0.3 is 0 Å². The van der Waals surface area contributed by atoms with Gasteiger partial charge in [0, 0.05) is 23.8 Å². The maximum atomic E-state index is 11.7. The molecule has 1 aliphatic heterocycles. The fourth-order valence-electron chi connectivity index (χ4n) is 1.68. The minimum atomic E-state index is 0.0928. The van der Waals surface area contributed by atoms with E-state index >= 15 is 0 Å². The molecule has 0 aromatic carbocycles. The van der Waals surface area contributed by atoms with E-state index in [0.29, 0.717) is 6.54 Å². The molecule has 1 amide bonds. The van der Waals surface area contributed by atoms with Crippen molar-refractivity contribution in [2.45, 2.75) is 26.8 Å². The summed E-state index contributed by atoms with van der Waals surface area (Å²) in [6, 6.07) is 0. The number of nitrogens with zero attached hydrogens (tertiary/aromatic N) is 2. The van der Waals surface area contributed by atoms with E-state index in [9.17, 15) is 4.79 Å². The predicted molar refractivity (Wildman–Crippen MR) is 56.1 cm³/mol. The smallest absolute Gasteiger partial charge is 0.225 e. The summed E-state index contributed by atoms with van der Waals surface area (Å²) >= 11 is 1.70. The Kier molecular flexibility index (Phi) is 2.54. The van der Waals surface area contributed by atoms with Gasteiger partial charge in [0.05, 0.1) is 17.7 Å². The Morgan fingerprint density at radius 2 is 2.43 bits per heavy atom. The van der Waals surface area contributed by atoms with E-state index < -0.39 is 0 Å². The maximum absolute atomic E-state index is 11.7. The summed E-state index contributed by atoms with van der Waals surface area (Å²) in [7, 11) is 0. The lowest BCUT2D eigenvalue weighted by Gasteiger charge is -2.27. The van der Waals surface area contributed by atoms with Crippen LogP contribution in [0.15, 0.2) is 5.51 Å². The minimum absolute atomic E-state index is 0.0928. The van der Waals surface area contributed by atoms with Gasteiger partial charge in [-0.15, -0.1) is 11.3 Å². The molecular formula is C10H14N2OS. The van der Waals surface area contributed by atoms with E-state index in [0.717, 1.165) is 18.7 Å². The number of fused-ring (bicyclic) bond motifs is 1. The first-order valence-electron chi connectivity index (χ1n) is 4.88. The Labute approximate surface area is 87.8 Å². The average Bonchev–Trinajstić information content (AvgIpc) is 2.62. The third-order valence-corrected chi connectivity index (χ3v) is 3.42. The van der Waals surface area contributed by atoms with Crippen LogP contribution in [0.4, 0.5) is 0 Å². The summed E-state index contributed by atoms with van der Waals surface area (Å²) in [6.07, 6.45) is 0.971. The molecule has 0 atom stereocenters. The Morgan fingerprint density at radius 1 is 1.64 bits per heavy atom. The van der Waals surface area contributed by atoms with Gasteiger partial charge in [0.1, 0.15) is 0 Å². The molecule has 1 aromatic rings. The second kappa shape index (κ2) is 3.69. The third kappa shape index (κ3) is 1.66. The normalized spacial score (nSPS) is 15.8. The van der Waals surface area contributed by atoms with Gasteiger partial charge < -0.3 is 4.90 Å². The Bertz CT molecular complexity index is 346. The van der Waals surface area contributed by atoms with Crippen molar-refractivity contribution < 1.29 is 4.79 Å². The Balaban J connectivity index is 2.11. The summed E-state index contributed by atoms with van der Waals surface area (Å²) in [4.78, 5) is 19.3. The first-order chi connectivity index (χ1) is 6.68. The Morgan fingerprint density at radius 3 is 3.14 bits per heavy atom. The second-order valence-corrected chi connectivity index (χ2v) is 4.83. The first kappa shape index (κ1) is 9.65. The molecule has 2 rings (SSSR count). The van der Waals surface area contributed by atoms with E-state index in [2.05, 4.69) is 4.98 Å². The highest BCUT2D eigenvalue weighted by Crippen LogP contribution is 2.22. The van der Waals surface area contributed by atoms with Crippen molar-refractivity contribution >= 4 is 17.2 Å². The molecule has 76 valence electrons. The molecule has 0 N–H and O–H groups in total. The number of carbonyl (C=O) groups is 1. The fourth-order valence-corrected chi connectivity index (χ4v) is 2.45. The zero-order valence-corrected chi connectivity index (χ0v) is 9.30. The molecule has 1 aliphatic rings. The third-order valence-electron chi connectivity index (χ3n) is 2.48. The molecular weight excluding hydrogens is 196 g/mol. The molecule has 1 aromatic heterocycles. The summed E-state index contributed by atoms with van der Waals surface area (Å²) in [5, 5.41) is 0. The zero-order chi connectivity index (χ0) is 10.1. The van der Waals surface area contributed by atoms with Gasteiger partial charge in [-0.1, -0.05) is 13.8 Å². The highest BCUT2D eigenvalue weighted by Gasteiger charge is 2.23. The van der Waals surface area contributed by atoms with Gasteiger partial charge in [0.15, 0.2) is 0 Å². The molecule has 14 heavy (non-hydrogen) atoms. The summed E-state index contributed by atoms with van der Waals surface area (Å²) in [6.45, 7) is 5.44. The molecule has 0 saturated heterocycles. The molecule has 0 saturated carbocycles. The van der Waals surface area contributed by atoms with E-state index in [1.54, 1.807) is 11.3 Å². The van der Waals surface area contributed by atoms with Gasteiger partial charge in [-0.25, -0.2) is 4.98 Å². The lowest BCUT2D eigenvalue weighted by molar-refractivity contribution is -0.135. The monoisotopic (exact) mass is 210 g/mol. The molecule has 2 heterocycles. The van der Waals surface area contributed by atoms with Crippen LogP contribution in [0.25, 0.3) is 0 Å². The average molecular weight is 210 g/mol. The van der Waals surface area contributed by atoms with Gasteiger partial charge in [0.2, 0.25) is 5.91 Å². The second-order valence-electron chi connectivity index (χ2n) is 3.89. The van der Waals surface area contributed by atoms with Crippen LogP contribution in [0.3, 0.4) is 0 Å². The number of hydrogen-bond acceptors (Lipinski definition) is 3. The van der Waals surface area contributed by atoms with Crippen LogP contribution in [-0.2, 0) is 17.8 Å². The number of amides is 1. The molecule has 4 heteroatoms. The van der Waals surface area contributed by atoms with Gasteiger partial charge in [-0.2, -0.15) is 0 Å². The zero-order valence-electron chi connectivity index (χ0n) is 8.49. The molecule has 3 nitrogen and oxygen atoms in total. The maximum Gasteiger partial charge on any atom is 0.225 e. The van der Waals surface area contributed by atoms with Crippen molar-refractivity contribution in [3.8, 4) is 0 Å². The summed E-state index contributed by atoms with van der Waals surface area (Å²) in [5.41, 5.74) is 2.96. The number of thiazole rings is 1.